The van der Waals surface area contributed by atoms with Gasteiger partial charge in [0.25, 0.3) is 11.6 Å². The molecular weight excluding hydrogens is 264 g/mol. The standard InChI is InChI=1S/C13H18N2O5/c1-2-11(16)6-7-14-13(17)9-20-12-5-3-4-10(8-12)15(18)19/h3-5,8,11,16H,2,6-7,9H2,1H3,(H,14,17). The van der Waals surface area contributed by atoms with Crippen molar-refractivity contribution in [2.45, 2.75) is 25.9 Å². The molecule has 0 heterocycles. The Morgan fingerprint density at radius 1 is 1.55 bits per heavy atom. The van der Waals surface area contributed by atoms with Crippen molar-refractivity contribution in [3.05, 3.63) is 34.4 Å². The van der Waals surface area contributed by atoms with Crippen LogP contribution in [-0.4, -0.2) is 35.2 Å². The van der Waals surface area contributed by atoms with Gasteiger partial charge in [-0.15, -0.1) is 0 Å². The van der Waals surface area contributed by atoms with Gasteiger partial charge in [-0.25, -0.2) is 0 Å². The molecule has 0 radical (unpaired) electrons. The number of rotatable bonds is 8. The summed E-state index contributed by atoms with van der Waals surface area (Å²) < 4.78 is 5.16. The summed E-state index contributed by atoms with van der Waals surface area (Å²) in [7, 11) is 0. The molecule has 1 aromatic carbocycles. The molecule has 1 rings (SSSR count). The molecule has 1 atom stereocenters. The third kappa shape index (κ3) is 5.66. The topological polar surface area (TPSA) is 102 Å². The molecule has 0 aliphatic rings. The molecule has 0 aliphatic carbocycles. The van der Waals surface area contributed by atoms with Crippen molar-refractivity contribution in [1.82, 2.24) is 5.32 Å². The predicted octanol–water partition coefficient (Wildman–Crippen LogP) is 1.25. The van der Waals surface area contributed by atoms with Crippen molar-refractivity contribution in [3.8, 4) is 5.75 Å². The van der Waals surface area contributed by atoms with E-state index in [9.17, 15) is 20.0 Å². The molecule has 0 aliphatic heterocycles. The molecule has 7 heteroatoms. The number of nitro benzene ring substituents is 1. The second-order valence-corrected chi connectivity index (χ2v) is 4.24. The average molecular weight is 282 g/mol. The van der Waals surface area contributed by atoms with E-state index in [-0.39, 0.29) is 24.0 Å². The van der Waals surface area contributed by atoms with Gasteiger partial charge in [-0.05, 0) is 18.9 Å². The molecule has 0 saturated heterocycles. The van der Waals surface area contributed by atoms with Crippen LogP contribution < -0.4 is 10.1 Å². The van der Waals surface area contributed by atoms with E-state index in [1.54, 1.807) is 6.07 Å². The zero-order valence-electron chi connectivity index (χ0n) is 11.2. The van der Waals surface area contributed by atoms with E-state index >= 15 is 0 Å². The first-order valence-electron chi connectivity index (χ1n) is 6.35. The molecule has 0 spiro atoms. The van der Waals surface area contributed by atoms with Crippen LogP contribution in [-0.2, 0) is 4.79 Å². The number of benzene rings is 1. The number of carbonyl (C=O) groups excluding carboxylic acids is 1. The van der Waals surface area contributed by atoms with Gasteiger partial charge in [-0.3, -0.25) is 14.9 Å². The monoisotopic (exact) mass is 282 g/mol. The van der Waals surface area contributed by atoms with E-state index < -0.39 is 11.0 Å². The number of non-ortho nitro benzene ring substituents is 1. The lowest BCUT2D eigenvalue weighted by Crippen LogP contribution is -2.31. The lowest BCUT2D eigenvalue weighted by Gasteiger charge is -2.09. The van der Waals surface area contributed by atoms with Gasteiger partial charge in [0.2, 0.25) is 0 Å². The third-order valence-electron chi connectivity index (χ3n) is 2.67. The van der Waals surface area contributed by atoms with Crippen LogP contribution in [0.25, 0.3) is 0 Å². The highest BCUT2D eigenvalue weighted by Gasteiger charge is 2.08. The number of hydrogen-bond acceptors (Lipinski definition) is 5. The Morgan fingerprint density at radius 3 is 2.95 bits per heavy atom. The van der Waals surface area contributed by atoms with Gasteiger partial charge in [-0.2, -0.15) is 0 Å². The molecule has 1 aromatic rings. The van der Waals surface area contributed by atoms with Crippen molar-refractivity contribution in [1.29, 1.82) is 0 Å². The molecular formula is C13H18N2O5. The fourth-order valence-corrected chi connectivity index (χ4v) is 1.47. The Morgan fingerprint density at radius 2 is 2.30 bits per heavy atom. The third-order valence-corrected chi connectivity index (χ3v) is 2.67. The maximum absolute atomic E-state index is 11.5. The van der Waals surface area contributed by atoms with Gasteiger partial charge in [0.1, 0.15) is 5.75 Å². The summed E-state index contributed by atoms with van der Waals surface area (Å²) in [4.78, 5) is 21.5. The molecule has 110 valence electrons. The molecule has 0 saturated carbocycles. The maximum Gasteiger partial charge on any atom is 0.273 e. The first-order chi connectivity index (χ1) is 9.52. The van der Waals surface area contributed by atoms with E-state index in [2.05, 4.69) is 5.32 Å². The number of carbonyl (C=O) groups is 1. The van der Waals surface area contributed by atoms with E-state index in [4.69, 9.17) is 4.74 Å². The fourth-order valence-electron chi connectivity index (χ4n) is 1.47. The van der Waals surface area contributed by atoms with Crippen molar-refractivity contribution in [2.24, 2.45) is 0 Å². The van der Waals surface area contributed by atoms with E-state index in [1.807, 2.05) is 6.92 Å². The Balaban J connectivity index is 2.34. The Bertz CT molecular complexity index is 464. The number of amides is 1. The first-order valence-corrected chi connectivity index (χ1v) is 6.35. The Labute approximate surface area is 116 Å². The molecule has 1 unspecified atom stereocenters. The Hall–Kier alpha value is -2.15. The smallest absolute Gasteiger partial charge is 0.273 e. The summed E-state index contributed by atoms with van der Waals surface area (Å²) in [6.07, 6.45) is 0.701. The van der Waals surface area contributed by atoms with Gasteiger partial charge in [0.05, 0.1) is 17.1 Å². The zero-order valence-corrected chi connectivity index (χ0v) is 11.2. The lowest BCUT2D eigenvalue weighted by molar-refractivity contribution is -0.384. The van der Waals surface area contributed by atoms with Crippen LogP contribution in [0.5, 0.6) is 5.75 Å². The van der Waals surface area contributed by atoms with E-state index in [0.717, 1.165) is 0 Å². The molecule has 0 bridgehead atoms. The average Bonchev–Trinajstić information content (AvgIpc) is 2.45. The predicted molar refractivity (Wildman–Crippen MR) is 72.5 cm³/mol. The van der Waals surface area contributed by atoms with Crippen molar-refractivity contribution in [2.75, 3.05) is 13.2 Å². The van der Waals surface area contributed by atoms with Crippen molar-refractivity contribution >= 4 is 11.6 Å². The van der Waals surface area contributed by atoms with Crippen molar-refractivity contribution in [3.63, 3.8) is 0 Å². The summed E-state index contributed by atoms with van der Waals surface area (Å²) in [5, 5.41) is 22.5. The highest BCUT2D eigenvalue weighted by Crippen LogP contribution is 2.18. The molecule has 2 N–H and O–H groups in total. The SMILES string of the molecule is CCC(O)CCNC(=O)COc1cccc([N+](=O)[O-])c1. The van der Waals surface area contributed by atoms with Crippen LogP contribution in [0, 0.1) is 10.1 Å². The van der Waals surface area contributed by atoms with Gasteiger partial charge >= 0.3 is 0 Å². The normalized spacial score (nSPS) is 11.7. The molecule has 20 heavy (non-hydrogen) atoms. The summed E-state index contributed by atoms with van der Waals surface area (Å²) in [6, 6.07) is 5.64. The second kappa shape index (κ2) is 8.11. The van der Waals surface area contributed by atoms with Crippen molar-refractivity contribution < 1.29 is 19.6 Å². The highest BCUT2D eigenvalue weighted by molar-refractivity contribution is 5.77. The highest BCUT2D eigenvalue weighted by atomic mass is 16.6. The number of hydrogen-bond donors (Lipinski definition) is 2. The summed E-state index contributed by atoms with van der Waals surface area (Å²) in [5.41, 5.74) is -0.0889. The van der Waals surface area contributed by atoms with Crippen LogP contribution in [0.3, 0.4) is 0 Å². The summed E-state index contributed by atoms with van der Waals surface area (Å²) in [6.45, 7) is 2.01. The molecule has 0 fully saturated rings. The summed E-state index contributed by atoms with van der Waals surface area (Å²) >= 11 is 0. The fraction of sp³-hybridized carbons (Fsp3) is 0.462. The molecule has 0 aromatic heterocycles. The van der Waals surface area contributed by atoms with Crippen LogP contribution in [0.4, 0.5) is 5.69 Å². The van der Waals surface area contributed by atoms with Gasteiger partial charge in [0.15, 0.2) is 6.61 Å². The number of nitrogens with zero attached hydrogens (tertiary/aromatic N) is 1. The molecule has 7 nitrogen and oxygen atoms in total. The number of aliphatic hydroxyl groups excluding tert-OH is 1. The largest absolute Gasteiger partial charge is 0.484 e. The maximum atomic E-state index is 11.5. The van der Waals surface area contributed by atoms with Crippen LogP contribution in [0.2, 0.25) is 0 Å². The minimum Gasteiger partial charge on any atom is -0.484 e. The summed E-state index contributed by atoms with van der Waals surface area (Å²) in [5.74, 6) is -0.0669. The quantitative estimate of drug-likeness (QED) is 0.552. The second-order valence-electron chi connectivity index (χ2n) is 4.24. The number of ether oxygens (including phenoxy) is 1. The zero-order chi connectivity index (χ0) is 15.0. The van der Waals surface area contributed by atoms with Crippen LogP contribution >= 0.6 is 0 Å². The van der Waals surface area contributed by atoms with Crippen LogP contribution in [0.15, 0.2) is 24.3 Å². The van der Waals surface area contributed by atoms with E-state index in [0.29, 0.717) is 19.4 Å². The number of aliphatic hydroxyl groups is 1. The van der Waals surface area contributed by atoms with Gasteiger partial charge < -0.3 is 15.2 Å². The number of nitrogens with one attached hydrogen (secondary N) is 1. The van der Waals surface area contributed by atoms with Crippen LogP contribution in [0.1, 0.15) is 19.8 Å². The number of nitro groups is 1. The van der Waals surface area contributed by atoms with Gasteiger partial charge in [-0.1, -0.05) is 13.0 Å². The molecule has 1 amide bonds. The first kappa shape index (κ1) is 15.9. The Kier molecular flexibility index (Phi) is 6.45. The van der Waals surface area contributed by atoms with Gasteiger partial charge in [0, 0.05) is 12.6 Å². The van der Waals surface area contributed by atoms with E-state index in [1.165, 1.54) is 18.2 Å². The minimum absolute atomic E-state index is 0.0889. The minimum atomic E-state index is -0.529. The lowest BCUT2D eigenvalue weighted by atomic mass is 10.2.